The monoisotopic (exact) mass is 169 g/mol. The van der Waals surface area contributed by atoms with E-state index < -0.39 is 0 Å². The van der Waals surface area contributed by atoms with E-state index in [9.17, 15) is 0 Å². The van der Waals surface area contributed by atoms with E-state index in [0.717, 1.165) is 5.56 Å². The van der Waals surface area contributed by atoms with Crippen LogP contribution in [-0.4, -0.2) is 10.1 Å². The van der Waals surface area contributed by atoms with E-state index in [1.807, 2.05) is 33.8 Å². The first kappa shape index (κ1) is 13.7. The Hall–Kier alpha value is -0.890. The van der Waals surface area contributed by atoms with Gasteiger partial charge in [-0.1, -0.05) is 33.8 Å². The van der Waals surface area contributed by atoms with Crippen molar-refractivity contribution in [1.82, 2.24) is 4.98 Å². The lowest BCUT2D eigenvalue weighted by atomic mass is 10.3. The van der Waals surface area contributed by atoms with Crippen LogP contribution in [0.3, 0.4) is 0 Å². The van der Waals surface area contributed by atoms with E-state index >= 15 is 0 Å². The Morgan fingerprint density at radius 3 is 2.08 bits per heavy atom. The molecule has 0 saturated carbocycles. The van der Waals surface area contributed by atoms with E-state index in [1.165, 1.54) is 0 Å². The van der Waals surface area contributed by atoms with Crippen molar-refractivity contribution in [2.24, 2.45) is 0 Å². The van der Waals surface area contributed by atoms with Crippen molar-refractivity contribution in [2.45, 2.75) is 34.3 Å². The SMILES string of the molecule is CC.CC.OCc1cccnc1. The largest absolute Gasteiger partial charge is 0.392 e. The first-order valence-electron chi connectivity index (χ1n) is 4.43. The van der Waals surface area contributed by atoms with Crippen LogP contribution in [0.15, 0.2) is 24.5 Å². The smallest absolute Gasteiger partial charge is 0.0696 e. The molecule has 1 heterocycles. The van der Waals surface area contributed by atoms with Gasteiger partial charge in [0.1, 0.15) is 0 Å². The molecule has 0 atom stereocenters. The summed E-state index contributed by atoms with van der Waals surface area (Å²) in [6, 6.07) is 3.62. The Balaban J connectivity index is 0. The Kier molecular flexibility index (Phi) is 14.5. The molecule has 2 nitrogen and oxygen atoms in total. The normalized spacial score (nSPS) is 7.08. The Morgan fingerprint density at radius 2 is 1.83 bits per heavy atom. The van der Waals surface area contributed by atoms with E-state index in [4.69, 9.17) is 5.11 Å². The van der Waals surface area contributed by atoms with Crippen LogP contribution in [0.4, 0.5) is 0 Å². The molecular weight excluding hydrogens is 150 g/mol. The lowest BCUT2D eigenvalue weighted by Gasteiger charge is -1.88. The molecule has 0 saturated heterocycles. The third kappa shape index (κ3) is 7.22. The van der Waals surface area contributed by atoms with E-state index in [0.29, 0.717) is 0 Å². The van der Waals surface area contributed by atoms with Crippen LogP contribution in [0, 0.1) is 0 Å². The van der Waals surface area contributed by atoms with Crippen LogP contribution in [0.2, 0.25) is 0 Å². The van der Waals surface area contributed by atoms with Crippen molar-refractivity contribution < 1.29 is 5.11 Å². The maximum atomic E-state index is 8.50. The molecule has 0 amide bonds. The molecule has 0 aromatic carbocycles. The fourth-order valence-electron chi connectivity index (χ4n) is 0.492. The summed E-state index contributed by atoms with van der Waals surface area (Å²) in [6.45, 7) is 8.08. The third-order valence-corrected chi connectivity index (χ3v) is 0.905. The molecule has 0 aliphatic heterocycles. The number of hydrogen-bond donors (Lipinski definition) is 1. The van der Waals surface area contributed by atoms with Gasteiger partial charge in [-0.05, 0) is 11.6 Å². The summed E-state index contributed by atoms with van der Waals surface area (Å²) in [5.74, 6) is 0. The molecule has 1 N–H and O–H groups in total. The molecule has 12 heavy (non-hydrogen) atoms. The van der Waals surface area contributed by atoms with Gasteiger partial charge >= 0.3 is 0 Å². The maximum Gasteiger partial charge on any atom is 0.0696 e. The van der Waals surface area contributed by atoms with Gasteiger partial charge in [-0.15, -0.1) is 0 Å². The minimum Gasteiger partial charge on any atom is -0.392 e. The minimum absolute atomic E-state index is 0.0772. The number of aromatic nitrogens is 1. The number of aliphatic hydroxyl groups is 1. The summed E-state index contributed by atoms with van der Waals surface area (Å²) in [4.78, 5) is 3.80. The molecule has 0 radical (unpaired) electrons. The molecule has 0 spiro atoms. The van der Waals surface area contributed by atoms with E-state index in [2.05, 4.69) is 4.98 Å². The van der Waals surface area contributed by atoms with Gasteiger partial charge < -0.3 is 5.11 Å². The molecular formula is C10H19NO. The van der Waals surface area contributed by atoms with Gasteiger partial charge in [0, 0.05) is 12.4 Å². The lowest BCUT2D eigenvalue weighted by Crippen LogP contribution is -1.80. The quantitative estimate of drug-likeness (QED) is 0.701. The molecule has 2 heteroatoms. The lowest BCUT2D eigenvalue weighted by molar-refractivity contribution is 0.281. The second kappa shape index (κ2) is 12.8. The molecule has 0 fully saturated rings. The number of hydrogen-bond acceptors (Lipinski definition) is 2. The van der Waals surface area contributed by atoms with Crippen LogP contribution in [0.25, 0.3) is 0 Å². The van der Waals surface area contributed by atoms with Crippen LogP contribution in [0.5, 0.6) is 0 Å². The van der Waals surface area contributed by atoms with Gasteiger partial charge in [-0.25, -0.2) is 0 Å². The summed E-state index contributed by atoms with van der Waals surface area (Å²) in [5, 5.41) is 8.50. The molecule has 0 aliphatic rings. The molecule has 70 valence electrons. The zero-order valence-electron chi connectivity index (χ0n) is 8.41. The molecule has 1 aromatic heterocycles. The van der Waals surface area contributed by atoms with Crippen LogP contribution in [0.1, 0.15) is 33.3 Å². The van der Waals surface area contributed by atoms with E-state index in [-0.39, 0.29) is 6.61 Å². The topological polar surface area (TPSA) is 33.1 Å². The highest BCUT2D eigenvalue weighted by Gasteiger charge is 1.82. The van der Waals surface area contributed by atoms with Gasteiger partial charge in [0.2, 0.25) is 0 Å². The first-order valence-corrected chi connectivity index (χ1v) is 4.43. The average molecular weight is 169 g/mol. The second-order valence-corrected chi connectivity index (χ2v) is 1.52. The van der Waals surface area contributed by atoms with Gasteiger partial charge in [0.15, 0.2) is 0 Å². The highest BCUT2D eigenvalue weighted by molar-refractivity contribution is 5.06. The van der Waals surface area contributed by atoms with Gasteiger partial charge in [-0.3, -0.25) is 4.98 Å². The highest BCUT2D eigenvalue weighted by atomic mass is 16.3. The Morgan fingerprint density at radius 1 is 1.25 bits per heavy atom. The second-order valence-electron chi connectivity index (χ2n) is 1.52. The summed E-state index contributed by atoms with van der Waals surface area (Å²) in [7, 11) is 0. The number of pyridine rings is 1. The zero-order valence-corrected chi connectivity index (χ0v) is 8.41. The van der Waals surface area contributed by atoms with Crippen molar-refractivity contribution in [1.29, 1.82) is 0 Å². The predicted octanol–water partition coefficient (Wildman–Crippen LogP) is 2.63. The highest BCUT2D eigenvalue weighted by Crippen LogP contribution is 1.92. The molecule has 1 rings (SSSR count). The van der Waals surface area contributed by atoms with Gasteiger partial charge in [-0.2, -0.15) is 0 Å². The maximum absolute atomic E-state index is 8.50. The zero-order chi connectivity index (χ0) is 9.82. The standard InChI is InChI=1S/C6H7NO.2C2H6/c8-5-6-2-1-3-7-4-6;2*1-2/h1-4,8H,5H2;2*1-2H3. The fourth-order valence-corrected chi connectivity index (χ4v) is 0.492. The summed E-state index contributed by atoms with van der Waals surface area (Å²) >= 11 is 0. The molecule has 1 aromatic rings. The Labute approximate surface area is 75.3 Å². The van der Waals surface area contributed by atoms with Gasteiger partial charge in [0.05, 0.1) is 6.61 Å². The summed E-state index contributed by atoms with van der Waals surface area (Å²) in [6.07, 6.45) is 3.32. The third-order valence-electron chi connectivity index (χ3n) is 0.905. The van der Waals surface area contributed by atoms with Crippen molar-refractivity contribution in [3.63, 3.8) is 0 Å². The molecule has 0 aliphatic carbocycles. The summed E-state index contributed by atoms with van der Waals surface area (Å²) in [5.41, 5.74) is 0.854. The fraction of sp³-hybridized carbons (Fsp3) is 0.500. The van der Waals surface area contributed by atoms with Gasteiger partial charge in [0.25, 0.3) is 0 Å². The van der Waals surface area contributed by atoms with Crippen LogP contribution < -0.4 is 0 Å². The molecule has 0 unspecified atom stereocenters. The predicted molar refractivity (Wildman–Crippen MR) is 52.9 cm³/mol. The van der Waals surface area contributed by atoms with Crippen molar-refractivity contribution in [2.75, 3.05) is 0 Å². The summed E-state index contributed by atoms with van der Waals surface area (Å²) < 4.78 is 0. The number of nitrogens with zero attached hydrogens (tertiary/aromatic N) is 1. The van der Waals surface area contributed by atoms with Crippen LogP contribution >= 0.6 is 0 Å². The first-order chi connectivity index (χ1) is 5.93. The van der Waals surface area contributed by atoms with Crippen molar-refractivity contribution in [3.8, 4) is 0 Å². The number of rotatable bonds is 1. The average Bonchev–Trinajstić information content (AvgIpc) is 2.25. The Bertz CT molecular complexity index is 151. The minimum atomic E-state index is 0.0772. The van der Waals surface area contributed by atoms with Crippen molar-refractivity contribution in [3.05, 3.63) is 30.1 Å². The molecule has 0 bridgehead atoms. The van der Waals surface area contributed by atoms with Crippen LogP contribution in [-0.2, 0) is 6.61 Å². The van der Waals surface area contributed by atoms with E-state index in [1.54, 1.807) is 18.5 Å². The van der Waals surface area contributed by atoms with Crippen molar-refractivity contribution >= 4 is 0 Å². The number of aliphatic hydroxyl groups excluding tert-OH is 1.